The standard InChI is InChI=1S/C19H16N6O2/c1-13-10-16(12-22-23-19-18(25(26)27)4-3-9-21-19)14(2)24(13)17-7-5-15(11-20)6-8-17/h3-10,12H,1-2H3,(H,21,23)/b22-12-. The Morgan fingerprint density at radius 1 is 1.30 bits per heavy atom. The number of hydrogen-bond acceptors (Lipinski definition) is 6. The third-order valence-electron chi connectivity index (χ3n) is 4.08. The zero-order chi connectivity index (χ0) is 19.4. The number of hydrogen-bond donors (Lipinski definition) is 1. The van der Waals surface area contributed by atoms with Gasteiger partial charge in [-0.2, -0.15) is 10.4 Å². The van der Waals surface area contributed by atoms with Gasteiger partial charge in [0, 0.05) is 34.9 Å². The fourth-order valence-corrected chi connectivity index (χ4v) is 2.79. The molecule has 8 nitrogen and oxygen atoms in total. The number of nitro groups is 1. The van der Waals surface area contributed by atoms with E-state index in [-0.39, 0.29) is 11.5 Å². The van der Waals surface area contributed by atoms with Gasteiger partial charge in [0.1, 0.15) is 0 Å². The van der Waals surface area contributed by atoms with Crippen molar-refractivity contribution in [2.45, 2.75) is 13.8 Å². The zero-order valence-electron chi connectivity index (χ0n) is 14.7. The predicted molar refractivity (Wildman–Crippen MR) is 102 cm³/mol. The van der Waals surface area contributed by atoms with E-state index in [0.717, 1.165) is 22.6 Å². The smallest absolute Gasteiger partial charge is 0.313 e. The van der Waals surface area contributed by atoms with E-state index in [1.54, 1.807) is 18.3 Å². The molecule has 0 aliphatic carbocycles. The molecule has 0 fully saturated rings. The maximum absolute atomic E-state index is 11.0. The Morgan fingerprint density at radius 2 is 2.04 bits per heavy atom. The zero-order valence-corrected chi connectivity index (χ0v) is 14.7. The number of pyridine rings is 1. The summed E-state index contributed by atoms with van der Waals surface area (Å²) in [6.45, 7) is 3.93. The molecule has 0 unspecified atom stereocenters. The van der Waals surface area contributed by atoms with Gasteiger partial charge in [-0.3, -0.25) is 15.5 Å². The van der Waals surface area contributed by atoms with Crippen LogP contribution in [0.15, 0.2) is 53.8 Å². The number of nitriles is 1. The summed E-state index contributed by atoms with van der Waals surface area (Å²) in [6.07, 6.45) is 3.06. The Balaban J connectivity index is 1.86. The van der Waals surface area contributed by atoms with E-state index in [1.807, 2.05) is 36.6 Å². The molecule has 8 heteroatoms. The minimum Gasteiger partial charge on any atom is -0.318 e. The monoisotopic (exact) mass is 360 g/mol. The largest absolute Gasteiger partial charge is 0.318 e. The minimum atomic E-state index is -0.512. The third-order valence-corrected chi connectivity index (χ3v) is 4.08. The van der Waals surface area contributed by atoms with Gasteiger partial charge in [0.2, 0.25) is 5.82 Å². The van der Waals surface area contributed by atoms with Gasteiger partial charge in [-0.25, -0.2) is 4.98 Å². The fraction of sp³-hybridized carbons (Fsp3) is 0.105. The summed E-state index contributed by atoms with van der Waals surface area (Å²) in [4.78, 5) is 14.4. The van der Waals surface area contributed by atoms with Gasteiger partial charge in [-0.15, -0.1) is 0 Å². The molecule has 0 spiro atoms. The van der Waals surface area contributed by atoms with Crippen molar-refractivity contribution >= 4 is 17.7 Å². The maximum Gasteiger partial charge on any atom is 0.313 e. The van der Waals surface area contributed by atoms with Crippen LogP contribution in [0.25, 0.3) is 5.69 Å². The van der Waals surface area contributed by atoms with Gasteiger partial charge in [0.15, 0.2) is 0 Å². The first-order valence-corrected chi connectivity index (χ1v) is 8.09. The van der Waals surface area contributed by atoms with Gasteiger partial charge in [0.25, 0.3) is 0 Å². The van der Waals surface area contributed by atoms with E-state index in [9.17, 15) is 10.1 Å². The molecule has 0 atom stereocenters. The Morgan fingerprint density at radius 3 is 2.70 bits per heavy atom. The number of rotatable bonds is 5. The summed E-state index contributed by atoms with van der Waals surface area (Å²) in [5, 5.41) is 24.0. The van der Waals surface area contributed by atoms with Crippen molar-refractivity contribution in [3.05, 3.63) is 81.3 Å². The molecule has 0 amide bonds. The van der Waals surface area contributed by atoms with Crippen molar-refractivity contribution < 1.29 is 4.92 Å². The lowest BCUT2D eigenvalue weighted by molar-refractivity contribution is -0.384. The number of hydrazone groups is 1. The van der Waals surface area contributed by atoms with E-state index in [2.05, 4.69) is 21.6 Å². The molecule has 0 bridgehead atoms. The van der Waals surface area contributed by atoms with Crippen LogP contribution >= 0.6 is 0 Å². The molecule has 27 heavy (non-hydrogen) atoms. The molecule has 0 saturated carbocycles. The second-order valence-corrected chi connectivity index (χ2v) is 5.82. The first kappa shape index (κ1) is 17.8. The fourth-order valence-electron chi connectivity index (χ4n) is 2.79. The molecule has 0 saturated heterocycles. The predicted octanol–water partition coefficient (Wildman–Crippen LogP) is 3.72. The Labute approximate surface area is 155 Å². The summed E-state index contributed by atoms with van der Waals surface area (Å²) in [7, 11) is 0. The van der Waals surface area contributed by atoms with Gasteiger partial charge in [-0.1, -0.05) is 0 Å². The molecule has 2 heterocycles. The number of nitrogens with zero attached hydrogens (tertiary/aromatic N) is 5. The highest BCUT2D eigenvalue weighted by Crippen LogP contribution is 2.22. The van der Waals surface area contributed by atoms with Crippen LogP contribution in [-0.2, 0) is 0 Å². The number of aryl methyl sites for hydroxylation is 1. The van der Waals surface area contributed by atoms with Crippen molar-refractivity contribution in [2.75, 3.05) is 5.43 Å². The van der Waals surface area contributed by atoms with E-state index in [0.29, 0.717) is 5.56 Å². The highest BCUT2D eigenvalue weighted by Gasteiger charge is 2.13. The second kappa shape index (κ2) is 7.49. The molecule has 0 aliphatic heterocycles. The highest BCUT2D eigenvalue weighted by atomic mass is 16.6. The van der Waals surface area contributed by atoms with Crippen LogP contribution in [0.3, 0.4) is 0 Å². The van der Waals surface area contributed by atoms with Gasteiger partial charge in [0.05, 0.1) is 22.8 Å². The van der Waals surface area contributed by atoms with Gasteiger partial charge in [-0.05, 0) is 50.2 Å². The summed E-state index contributed by atoms with van der Waals surface area (Å²) in [5.41, 5.74) is 6.85. The van der Waals surface area contributed by atoms with Crippen molar-refractivity contribution in [1.82, 2.24) is 9.55 Å². The molecule has 3 aromatic rings. The highest BCUT2D eigenvalue weighted by molar-refractivity contribution is 5.83. The van der Waals surface area contributed by atoms with E-state index >= 15 is 0 Å². The van der Waals surface area contributed by atoms with Crippen molar-refractivity contribution in [3.8, 4) is 11.8 Å². The molecular weight excluding hydrogens is 344 g/mol. The normalized spacial score (nSPS) is 10.7. The van der Waals surface area contributed by atoms with Crippen LogP contribution in [-0.4, -0.2) is 20.7 Å². The summed E-state index contributed by atoms with van der Waals surface area (Å²) in [5.74, 6) is 0.0830. The van der Waals surface area contributed by atoms with Crippen LogP contribution in [0.4, 0.5) is 11.5 Å². The van der Waals surface area contributed by atoms with Crippen LogP contribution in [0, 0.1) is 35.3 Å². The number of nitrogens with one attached hydrogen (secondary N) is 1. The van der Waals surface area contributed by atoms with Crippen molar-refractivity contribution in [3.63, 3.8) is 0 Å². The molecule has 1 aromatic carbocycles. The first-order valence-electron chi connectivity index (χ1n) is 8.09. The molecule has 0 radical (unpaired) electrons. The van der Waals surface area contributed by atoms with Crippen molar-refractivity contribution in [1.29, 1.82) is 5.26 Å². The topological polar surface area (TPSA) is 109 Å². The maximum atomic E-state index is 11.0. The summed E-state index contributed by atoms with van der Waals surface area (Å²) in [6, 6.07) is 14.2. The van der Waals surface area contributed by atoms with E-state index < -0.39 is 4.92 Å². The molecule has 1 N–H and O–H groups in total. The van der Waals surface area contributed by atoms with Crippen LogP contribution in [0.2, 0.25) is 0 Å². The van der Waals surface area contributed by atoms with E-state index in [4.69, 9.17) is 5.26 Å². The van der Waals surface area contributed by atoms with Crippen LogP contribution in [0.1, 0.15) is 22.5 Å². The number of anilines is 1. The molecule has 2 aromatic heterocycles. The lowest BCUT2D eigenvalue weighted by Crippen LogP contribution is -2.01. The molecule has 134 valence electrons. The third kappa shape index (κ3) is 3.67. The summed E-state index contributed by atoms with van der Waals surface area (Å²) < 4.78 is 2.05. The minimum absolute atomic E-state index is 0.0830. The van der Waals surface area contributed by atoms with Crippen molar-refractivity contribution in [2.24, 2.45) is 5.10 Å². The van der Waals surface area contributed by atoms with Crippen LogP contribution < -0.4 is 5.43 Å². The first-order chi connectivity index (χ1) is 13.0. The Hall–Kier alpha value is -3.99. The van der Waals surface area contributed by atoms with Gasteiger partial charge < -0.3 is 4.57 Å². The second-order valence-electron chi connectivity index (χ2n) is 5.82. The molecule has 0 aliphatic rings. The average molecular weight is 360 g/mol. The quantitative estimate of drug-likeness (QED) is 0.424. The molecular formula is C19H16N6O2. The summed E-state index contributed by atoms with van der Waals surface area (Å²) >= 11 is 0. The lowest BCUT2D eigenvalue weighted by Gasteiger charge is -2.09. The van der Waals surface area contributed by atoms with Gasteiger partial charge >= 0.3 is 5.69 Å². The SMILES string of the molecule is Cc1cc(/C=N\Nc2ncccc2[N+](=O)[O-])c(C)n1-c1ccc(C#N)cc1. The number of aromatic nitrogens is 2. The average Bonchev–Trinajstić information content (AvgIpc) is 2.95. The van der Waals surface area contributed by atoms with Crippen LogP contribution in [0.5, 0.6) is 0 Å². The lowest BCUT2D eigenvalue weighted by atomic mass is 10.2. The Kier molecular flexibility index (Phi) is 4.95. The van der Waals surface area contributed by atoms with E-state index in [1.165, 1.54) is 18.3 Å². The number of benzene rings is 1. The molecule has 3 rings (SSSR count). The Bertz CT molecular complexity index is 1060.